The topological polar surface area (TPSA) is 0 Å². The minimum atomic E-state index is 1.14. The number of rotatable bonds is 1. The second-order valence-electron chi connectivity index (χ2n) is 4.15. The van der Waals surface area contributed by atoms with Crippen LogP contribution in [0, 0.1) is 3.57 Å². The van der Waals surface area contributed by atoms with Crippen LogP contribution in [0.2, 0.25) is 0 Å². The van der Waals surface area contributed by atoms with Gasteiger partial charge in [-0.15, -0.1) is 0 Å². The maximum absolute atomic E-state index is 3.65. The molecule has 0 aromatic heterocycles. The molecule has 0 fully saturated rings. The Morgan fingerprint density at radius 3 is 2.44 bits per heavy atom. The average Bonchev–Trinajstić information content (AvgIpc) is 2.41. The van der Waals surface area contributed by atoms with Crippen molar-refractivity contribution in [1.29, 1.82) is 0 Å². The van der Waals surface area contributed by atoms with Gasteiger partial charge in [0.25, 0.3) is 0 Å². The Bertz CT molecular complexity index is 714. The average molecular weight is 409 g/mol. The minimum absolute atomic E-state index is 1.14. The molecule has 2 heteroatoms. The van der Waals surface area contributed by atoms with Crippen molar-refractivity contribution in [3.8, 4) is 11.1 Å². The van der Waals surface area contributed by atoms with E-state index in [1.807, 2.05) is 0 Å². The van der Waals surface area contributed by atoms with Crippen molar-refractivity contribution in [3.63, 3.8) is 0 Å². The minimum Gasteiger partial charge on any atom is -0.0616 e. The Hall–Kier alpha value is -0.870. The summed E-state index contributed by atoms with van der Waals surface area (Å²) in [4.78, 5) is 0. The van der Waals surface area contributed by atoms with E-state index in [1.54, 1.807) is 0 Å². The fraction of sp³-hybridized carbons (Fsp3) is 0. The van der Waals surface area contributed by atoms with E-state index in [9.17, 15) is 0 Å². The normalized spacial score (nSPS) is 10.8. The smallest absolute Gasteiger partial charge is 0.0254 e. The summed E-state index contributed by atoms with van der Waals surface area (Å²) in [7, 11) is 0. The molecular formula is C16H10BrI. The summed E-state index contributed by atoms with van der Waals surface area (Å²) in [6.45, 7) is 0. The Balaban J connectivity index is 2.35. The molecule has 0 heterocycles. The van der Waals surface area contributed by atoms with E-state index in [0.29, 0.717) is 0 Å². The van der Waals surface area contributed by atoms with E-state index >= 15 is 0 Å². The van der Waals surface area contributed by atoms with Crippen LogP contribution in [0.4, 0.5) is 0 Å². The lowest BCUT2D eigenvalue weighted by Crippen LogP contribution is -1.84. The number of benzene rings is 3. The van der Waals surface area contributed by atoms with E-state index in [0.717, 1.165) is 4.47 Å². The van der Waals surface area contributed by atoms with Crippen LogP contribution in [0.5, 0.6) is 0 Å². The van der Waals surface area contributed by atoms with Gasteiger partial charge >= 0.3 is 0 Å². The molecule has 0 bridgehead atoms. The maximum Gasteiger partial charge on any atom is 0.0254 e. The van der Waals surface area contributed by atoms with Crippen LogP contribution in [0.1, 0.15) is 0 Å². The highest BCUT2D eigenvalue weighted by molar-refractivity contribution is 14.1. The standard InChI is InChI=1S/C16H10BrI/c17-16-9-8-12(18)10-15(16)14-7-3-5-11-4-1-2-6-13(11)14/h1-10H. The number of fused-ring (bicyclic) bond motifs is 1. The number of hydrogen-bond acceptors (Lipinski definition) is 0. The molecule has 0 nitrogen and oxygen atoms in total. The lowest BCUT2D eigenvalue weighted by atomic mass is 9.98. The summed E-state index contributed by atoms with van der Waals surface area (Å²) in [5, 5.41) is 2.57. The van der Waals surface area contributed by atoms with Crippen LogP contribution in [-0.2, 0) is 0 Å². The highest BCUT2D eigenvalue weighted by atomic mass is 127. The third kappa shape index (κ3) is 2.19. The van der Waals surface area contributed by atoms with Gasteiger partial charge < -0.3 is 0 Å². The van der Waals surface area contributed by atoms with E-state index in [2.05, 4.69) is 99.2 Å². The van der Waals surface area contributed by atoms with Gasteiger partial charge in [-0.3, -0.25) is 0 Å². The summed E-state index contributed by atoms with van der Waals surface area (Å²) < 4.78 is 2.39. The quantitative estimate of drug-likeness (QED) is 0.441. The zero-order valence-electron chi connectivity index (χ0n) is 9.53. The molecule has 0 amide bonds. The Kier molecular flexibility index (Phi) is 3.39. The fourth-order valence-electron chi connectivity index (χ4n) is 2.16. The molecule has 88 valence electrons. The first-order chi connectivity index (χ1) is 8.75. The van der Waals surface area contributed by atoms with Crippen LogP contribution in [0.3, 0.4) is 0 Å². The predicted octanol–water partition coefficient (Wildman–Crippen LogP) is 5.87. The second-order valence-corrected chi connectivity index (χ2v) is 6.25. The SMILES string of the molecule is Brc1ccc(I)cc1-c1cccc2ccccc12. The molecule has 0 aliphatic carbocycles. The summed E-state index contributed by atoms with van der Waals surface area (Å²) >= 11 is 6.00. The Labute approximate surface area is 128 Å². The molecule has 0 aliphatic heterocycles. The first-order valence-electron chi connectivity index (χ1n) is 5.69. The van der Waals surface area contributed by atoms with Crippen molar-refractivity contribution in [3.05, 3.63) is 68.7 Å². The van der Waals surface area contributed by atoms with Gasteiger partial charge in [0.2, 0.25) is 0 Å². The zero-order chi connectivity index (χ0) is 12.5. The van der Waals surface area contributed by atoms with Gasteiger partial charge in [0.1, 0.15) is 0 Å². The summed E-state index contributed by atoms with van der Waals surface area (Å²) in [6, 6.07) is 21.4. The molecule has 18 heavy (non-hydrogen) atoms. The van der Waals surface area contributed by atoms with Crippen LogP contribution in [0.25, 0.3) is 21.9 Å². The third-order valence-electron chi connectivity index (χ3n) is 3.01. The van der Waals surface area contributed by atoms with Crippen molar-refractivity contribution in [1.82, 2.24) is 0 Å². The van der Waals surface area contributed by atoms with Gasteiger partial charge in [0, 0.05) is 8.04 Å². The van der Waals surface area contributed by atoms with Crippen molar-refractivity contribution in [2.75, 3.05) is 0 Å². The van der Waals surface area contributed by atoms with Gasteiger partial charge in [-0.1, -0.05) is 58.4 Å². The fourth-order valence-corrected chi connectivity index (χ4v) is 3.12. The van der Waals surface area contributed by atoms with Crippen LogP contribution in [-0.4, -0.2) is 0 Å². The molecule has 0 radical (unpaired) electrons. The van der Waals surface area contributed by atoms with Gasteiger partial charge in [-0.2, -0.15) is 0 Å². The van der Waals surface area contributed by atoms with E-state index in [4.69, 9.17) is 0 Å². The summed E-state index contributed by atoms with van der Waals surface area (Å²) in [5.74, 6) is 0. The summed E-state index contributed by atoms with van der Waals surface area (Å²) in [6.07, 6.45) is 0. The Morgan fingerprint density at radius 1 is 0.778 bits per heavy atom. The number of halogens is 2. The monoisotopic (exact) mass is 408 g/mol. The first-order valence-corrected chi connectivity index (χ1v) is 7.56. The van der Waals surface area contributed by atoms with Gasteiger partial charge in [-0.25, -0.2) is 0 Å². The van der Waals surface area contributed by atoms with E-state index < -0.39 is 0 Å². The molecule has 3 rings (SSSR count). The molecule has 0 saturated carbocycles. The molecule has 0 N–H and O–H groups in total. The molecule has 0 spiro atoms. The summed E-state index contributed by atoms with van der Waals surface area (Å²) in [5.41, 5.74) is 2.53. The molecule has 3 aromatic carbocycles. The van der Waals surface area contributed by atoms with Gasteiger partial charge in [0.15, 0.2) is 0 Å². The highest BCUT2D eigenvalue weighted by Crippen LogP contribution is 2.34. The lowest BCUT2D eigenvalue weighted by Gasteiger charge is -2.09. The molecule has 0 atom stereocenters. The van der Waals surface area contributed by atoms with Crippen molar-refractivity contribution < 1.29 is 0 Å². The van der Waals surface area contributed by atoms with Gasteiger partial charge in [0.05, 0.1) is 0 Å². The first kappa shape index (κ1) is 12.2. The van der Waals surface area contributed by atoms with Crippen molar-refractivity contribution in [2.24, 2.45) is 0 Å². The number of hydrogen-bond donors (Lipinski definition) is 0. The van der Waals surface area contributed by atoms with Crippen LogP contribution >= 0.6 is 38.5 Å². The van der Waals surface area contributed by atoms with Crippen molar-refractivity contribution >= 4 is 49.3 Å². The molecular weight excluding hydrogens is 399 g/mol. The van der Waals surface area contributed by atoms with Crippen LogP contribution in [0.15, 0.2) is 65.1 Å². The lowest BCUT2D eigenvalue weighted by molar-refractivity contribution is 1.57. The largest absolute Gasteiger partial charge is 0.0616 e. The Morgan fingerprint density at radius 2 is 1.56 bits per heavy atom. The highest BCUT2D eigenvalue weighted by Gasteiger charge is 2.07. The third-order valence-corrected chi connectivity index (χ3v) is 4.37. The van der Waals surface area contributed by atoms with Crippen molar-refractivity contribution in [2.45, 2.75) is 0 Å². The second kappa shape index (κ2) is 5.02. The van der Waals surface area contributed by atoms with E-state index in [-0.39, 0.29) is 0 Å². The van der Waals surface area contributed by atoms with E-state index in [1.165, 1.54) is 25.5 Å². The van der Waals surface area contributed by atoms with Crippen LogP contribution < -0.4 is 0 Å². The van der Waals surface area contributed by atoms with Gasteiger partial charge in [-0.05, 0) is 62.7 Å². The predicted molar refractivity (Wildman–Crippen MR) is 89.8 cm³/mol. The zero-order valence-corrected chi connectivity index (χ0v) is 13.3. The molecule has 0 saturated heterocycles. The molecule has 3 aromatic rings. The molecule has 0 aliphatic rings. The maximum atomic E-state index is 3.65. The molecule has 0 unspecified atom stereocenters.